The number of H-pyrrole nitrogens is 1. The third kappa shape index (κ3) is 4.72. The van der Waals surface area contributed by atoms with Crippen molar-refractivity contribution in [3.05, 3.63) is 41.4 Å². The van der Waals surface area contributed by atoms with Crippen molar-refractivity contribution in [2.24, 2.45) is 0 Å². The molecule has 0 saturated heterocycles. The molecular formula is C16H25N3O2. The molecule has 0 radical (unpaired) electrons. The van der Waals surface area contributed by atoms with Gasteiger partial charge in [-0.2, -0.15) is 0 Å². The molecule has 2 rings (SSSR count). The van der Waals surface area contributed by atoms with Crippen LogP contribution in [-0.4, -0.2) is 39.7 Å². The number of furan rings is 1. The fourth-order valence-electron chi connectivity index (χ4n) is 2.44. The van der Waals surface area contributed by atoms with Crippen LogP contribution in [0.2, 0.25) is 0 Å². The van der Waals surface area contributed by atoms with Crippen molar-refractivity contribution in [1.82, 2.24) is 14.9 Å². The summed E-state index contributed by atoms with van der Waals surface area (Å²) in [6.45, 7) is 8.62. The number of aryl methyl sites for hydroxylation is 2. The van der Waals surface area contributed by atoms with Gasteiger partial charge < -0.3 is 14.5 Å². The van der Waals surface area contributed by atoms with Crippen molar-refractivity contribution in [3.63, 3.8) is 0 Å². The van der Waals surface area contributed by atoms with Gasteiger partial charge in [-0.15, -0.1) is 0 Å². The summed E-state index contributed by atoms with van der Waals surface area (Å²) in [5.74, 6) is 3.29. The Morgan fingerprint density at radius 3 is 2.71 bits per heavy atom. The molecule has 0 saturated carbocycles. The van der Waals surface area contributed by atoms with E-state index in [9.17, 15) is 5.11 Å². The molecule has 5 nitrogen and oxygen atoms in total. The average Bonchev–Trinajstić information content (AvgIpc) is 3.05. The number of nitrogens with zero attached hydrogens (tertiary/aromatic N) is 2. The SMILES string of the molecule is Cc1ncc(CN(CCO)CCC(C)c2ccc(C)o2)[nH]1. The Hall–Kier alpha value is -1.59. The molecule has 5 heteroatoms. The van der Waals surface area contributed by atoms with E-state index in [0.717, 1.165) is 42.5 Å². The van der Waals surface area contributed by atoms with Crippen LogP contribution in [0.5, 0.6) is 0 Å². The second-order valence-corrected chi connectivity index (χ2v) is 5.63. The molecule has 2 N–H and O–H groups in total. The maximum Gasteiger partial charge on any atom is 0.107 e. The van der Waals surface area contributed by atoms with Gasteiger partial charge in [0.2, 0.25) is 0 Å². The zero-order valence-corrected chi connectivity index (χ0v) is 13.1. The van der Waals surface area contributed by atoms with Crippen LogP contribution in [0.25, 0.3) is 0 Å². The number of aromatic amines is 1. The highest BCUT2D eigenvalue weighted by Crippen LogP contribution is 2.21. The van der Waals surface area contributed by atoms with Gasteiger partial charge in [0.15, 0.2) is 0 Å². The smallest absolute Gasteiger partial charge is 0.107 e. The Bertz CT molecular complexity index is 547. The lowest BCUT2D eigenvalue weighted by Crippen LogP contribution is -2.28. The highest BCUT2D eigenvalue weighted by atomic mass is 16.3. The molecule has 1 atom stereocenters. The maximum atomic E-state index is 9.22. The Morgan fingerprint density at radius 1 is 1.33 bits per heavy atom. The largest absolute Gasteiger partial charge is 0.466 e. The number of aliphatic hydroxyl groups excluding tert-OH is 1. The van der Waals surface area contributed by atoms with Gasteiger partial charge in [-0.3, -0.25) is 4.90 Å². The standard InChI is InChI=1S/C16H25N3O2/c1-12(16-5-4-13(2)21-16)6-7-19(8-9-20)11-15-10-17-14(3)18-15/h4-5,10,12,20H,6-9,11H2,1-3H3,(H,17,18). The predicted molar refractivity (Wildman–Crippen MR) is 82.2 cm³/mol. The Balaban J connectivity index is 1.87. The van der Waals surface area contributed by atoms with Crippen molar-refractivity contribution in [3.8, 4) is 0 Å². The first-order valence-electron chi connectivity index (χ1n) is 7.48. The van der Waals surface area contributed by atoms with E-state index >= 15 is 0 Å². The monoisotopic (exact) mass is 291 g/mol. The maximum absolute atomic E-state index is 9.22. The highest BCUT2D eigenvalue weighted by molar-refractivity contribution is 5.09. The van der Waals surface area contributed by atoms with Gasteiger partial charge in [0.25, 0.3) is 0 Å². The van der Waals surface area contributed by atoms with Gasteiger partial charge in [0, 0.05) is 30.9 Å². The second-order valence-electron chi connectivity index (χ2n) is 5.63. The fourth-order valence-corrected chi connectivity index (χ4v) is 2.44. The summed E-state index contributed by atoms with van der Waals surface area (Å²) in [6, 6.07) is 4.05. The number of hydrogen-bond acceptors (Lipinski definition) is 4. The molecule has 0 aromatic carbocycles. The molecule has 0 fully saturated rings. The third-order valence-corrected chi connectivity index (χ3v) is 3.69. The van der Waals surface area contributed by atoms with E-state index < -0.39 is 0 Å². The van der Waals surface area contributed by atoms with Gasteiger partial charge in [0.05, 0.1) is 6.61 Å². The number of imidazole rings is 1. The van der Waals surface area contributed by atoms with Gasteiger partial charge in [-0.25, -0.2) is 4.98 Å². The van der Waals surface area contributed by atoms with E-state index in [1.807, 2.05) is 26.1 Å². The molecule has 2 heterocycles. The summed E-state index contributed by atoms with van der Waals surface area (Å²) in [5.41, 5.74) is 1.09. The quantitative estimate of drug-likeness (QED) is 0.784. The number of hydrogen-bond donors (Lipinski definition) is 2. The first kappa shape index (κ1) is 15.8. The van der Waals surface area contributed by atoms with E-state index in [1.165, 1.54) is 0 Å². The van der Waals surface area contributed by atoms with Crippen molar-refractivity contribution >= 4 is 0 Å². The van der Waals surface area contributed by atoms with Crippen molar-refractivity contribution < 1.29 is 9.52 Å². The zero-order valence-electron chi connectivity index (χ0n) is 13.1. The number of rotatable bonds is 8. The average molecular weight is 291 g/mol. The van der Waals surface area contributed by atoms with Crippen LogP contribution in [0.1, 0.15) is 42.3 Å². The Kier molecular flexibility index (Phi) is 5.59. The molecule has 2 aromatic rings. The molecule has 0 aliphatic heterocycles. The minimum absolute atomic E-state index is 0.168. The van der Waals surface area contributed by atoms with Gasteiger partial charge in [-0.1, -0.05) is 6.92 Å². The Morgan fingerprint density at radius 2 is 2.14 bits per heavy atom. The van der Waals surface area contributed by atoms with Crippen LogP contribution in [0.3, 0.4) is 0 Å². The molecule has 0 bridgehead atoms. The van der Waals surface area contributed by atoms with Crippen LogP contribution in [0, 0.1) is 13.8 Å². The van der Waals surface area contributed by atoms with E-state index in [1.54, 1.807) is 0 Å². The molecule has 2 aromatic heterocycles. The summed E-state index contributed by atoms with van der Waals surface area (Å²) >= 11 is 0. The van der Waals surface area contributed by atoms with Gasteiger partial charge >= 0.3 is 0 Å². The molecule has 0 spiro atoms. The first-order chi connectivity index (χ1) is 10.1. The summed E-state index contributed by atoms with van der Waals surface area (Å²) < 4.78 is 5.68. The summed E-state index contributed by atoms with van der Waals surface area (Å²) in [4.78, 5) is 9.69. The molecule has 0 aliphatic rings. The number of aliphatic hydroxyl groups is 1. The number of nitrogens with one attached hydrogen (secondary N) is 1. The lowest BCUT2D eigenvalue weighted by atomic mass is 10.0. The van der Waals surface area contributed by atoms with Crippen LogP contribution >= 0.6 is 0 Å². The van der Waals surface area contributed by atoms with Crippen molar-refractivity contribution in [2.45, 2.75) is 39.7 Å². The zero-order chi connectivity index (χ0) is 15.2. The molecule has 1 unspecified atom stereocenters. The van der Waals surface area contributed by atoms with E-state index in [4.69, 9.17) is 4.42 Å². The van der Waals surface area contributed by atoms with Crippen LogP contribution in [0.4, 0.5) is 0 Å². The highest BCUT2D eigenvalue weighted by Gasteiger charge is 2.13. The topological polar surface area (TPSA) is 65.3 Å². The van der Waals surface area contributed by atoms with Gasteiger partial charge in [0.1, 0.15) is 17.3 Å². The second kappa shape index (κ2) is 7.43. The lowest BCUT2D eigenvalue weighted by Gasteiger charge is -2.22. The van der Waals surface area contributed by atoms with Crippen LogP contribution < -0.4 is 0 Å². The predicted octanol–water partition coefficient (Wildman–Crippen LogP) is 2.61. The van der Waals surface area contributed by atoms with E-state index in [0.29, 0.717) is 12.5 Å². The van der Waals surface area contributed by atoms with Crippen LogP contribution in [0.15, 0.2) is 22.7 Å². The normalized spacial score (nSPS) is 13.0. The molecule has 0 aliphatic carbocycles. The minimum Gasteiger partial charge on any atom is -0.466 e. The number of aromatic nitrogens is 2. The van der Waals surface area contributed by atoms with E-state index in [2.05, 4.69) is 27.9 Å². The lowest BCUT2D eigenvalue weighted by molar-refractivity contribution is 0.183. The Labute approximate surface area is 126 Å². The molecule has 21 heavy (non-hydrogen) atoms. The summed E-state index contributed by atoms with van der Waals surface area (Å²) in [5, 5.41) is 9.22. The molecule has 116 valence electrons. The van der Waals surface area contributed by atoms with E-state index in [-0.39, 0.29) is 6.61 Å². The van der Waals surface area contributed by atoms with Crippen LogP contribution in [-0.2, 0) is 6.54 Å². The molecular weight excluding hydrogens is 266 g/mol. The van der Waals surface area contributed by atoms with Crippen molar-refractivity contribution in [2.75, 3.05) is 19.7 Å². The summed E-state index contributed by atoms with van der Waals surface area (Å²) in [7, 11) is 0. The van der Waals surface area contributed by atoms with Crippen molar-refractivity contribution in [1.29, 1.82) is 0 Å². The van der Waals surface area contributed by atoms with Gasteiger partial charge in [-0.05, 0) is 38.9 Å². The summed E-state index contributed by atoms with van der Waals surface area (Å²) in [6.07, 6.45) is 2.86. The molecule has 0 amide bonds. The first-order valence-corrected chi connectivity index (χ1v) is 7.48. The fraction of sp³-hybridized carbons (Fsp3) is 0.562. The minimum atomic E-state index is 0.168. The third-order valence-electron chi connectivity index (χ3n) is 3.69.